The summed E-state index contributed by atoms with van der Waals surface area (Å²) in [5.41, 5.74) is 3.16. The number of nitrogens with one attached hydrogen (secondary N) is 1. The Morgan fingerprint density at radius 1 is 1.37 bits per heavy atom. The minimum atomic E-state index is -0.495. The van der Waals surface area contributed by atoms with Crippen molar-refractivity contribution in [2.75, 3.05) is 5.43 Å². The van der Waals surface area contributed by atoms with Gasteiger partial charge in [0.15, 0.2) is 0 Å². The number of benzene rings is 1. The van der Waals surface area contributed by atoms with Gasteiger partial charge in [-0.25, -0.2) is 0 Å². The monoisotopic (exact) mass is 263 g/mol. The molecule has 1 heterocycles. The minimum absolute atomic E-state index is 0.0819. The molecule has 0 aliphatic rings. The first kappa shape index (κ1) is 13.1. The average Bonchev–Trinajstić information content (AvgIpc) is 2.91. The lowest BCUT2D eigenvalue weighted by atomic mass is 10.2. The van der Waals surface area contributed by atoms with Crippen molar-refractivity contribution in [3.63, 3.8) is 0 Å². The smallest absolute Gasteiger partial charge is 0.294 e. The predicted molar refractivity (Wildman–Crippen MR) is 68.1 cm³/mol. The third-order valence-corrected chi connectivity index (χ3v) is 2.51. The number of nitrogens with two attached hydrogens (primary N) is 1. The number of nitro groups is 1. The number of hydrogen-bond acceptors (Lipinski definition) is 6. The zero-order chi connectivity index (χ0) is 13.7. The molecule has 1 aromatic heterocycles. The molecule has 0 saturated carbocycles. The first-order valence-electron chi connectivity index (χ1n) is 5.55. The number of furan rings is 1. The molecule has 100 valence electrons. The SMILES string of the molecule is NNc1ccc(COCc2ccco2)cc1[N+](=O)[O-]. The van der Waals surface area contributed by atoms with Gasteiger partial charge >= 0.3 is 0 Å². The van der Waals surface area contributed by atoms with Crippen molar-refractivity contribution < 1.29 is 14.1 Å². The lowest BCUT2D eigenvalue weighted by Gasteiger charge is -2.05. The molecule has 0 saturated heterocycles. The maximum absolute atomic E-state index is 10.8. The number of rotatable bonds is 6. The van der Waals surface area contributed by atoms with Crippen molar-refractivity contribution in [2.24, 2.45) is 5.84 Å². The summed E-state index contributed by atoms with van der Waals surface area (Å²) in [5, 5.41) is 10.8. The number of nitrogen functional groups attached to an aromatic ring is 1. The molecule has 0 bridgehead atoms. The fourth-order valence-corrected chi connectivity index (χ4v) is 1.60. The van der Waals surface area contributed by atoms with Crippen molar-refractivity contribution in [2.45, 2.75) is 13.2 Å². The van der Waals surface area contributed by atoms with E-state index in [-0.39, 0.29) is 18.0 Å². The van der Waals surface area contributed by atoms with E-state index in [0.29, 0.717) is 17.9 Å². The van der Waals surface area contributed by atoms with Gasteiger partial charge in [-0.3, -0.25) is 16.0 Å². The number of nitrogens with zero attached hydrogens (tertiary/aromatic N) is 1. The molecule has 0 fully saturated rings. The summed E-state index contributed by atoms with van der Waals surface area (Å²) in [5.74, 6) is 5.91. The molecule has 0 radical (unpaired) electrons. The van der Waals surface area contributed by atoms with Crippen molar-refractivity contribution in [3.8, 4) is 0 Å². The van der Waals surface area contributed by atoms with Gasteiger partial charge in [0.05, 0.1) is 17.8 Å². The summed E-state index contributed by atoms with van der Waals surface area (Å²) in [6, 6.07) is 8.25. The van der Waals surface area contributed by atoms with Gasteiger partial charge in [0.25, 0.3) is 5.69 Å². The van der Waals surface area contributed by atoms with Gasteiger partial charge in [-0.2, -0.15) is 0 Å². The highest BCUT2D eigenvalue weighted by Crippen LogP contribution is 2.25. The van der Waals surface area contributed by atoms with Crippen molar-refractivity contribution >= 4 is 11.4 Å². The van der Waals surface area contributed by atoms with E-state index in [2.05, 4.69) is 5.43 Å². The fraction of sp³-hybridized carbons (Fsp3) is 0.167. The van der Waals surface area contributed by atoms with E-state index in [1.807, 2.05) is 0 Å². The summed E-state index contributed by atoms with van der Waals surface area (Å²) in [4.78, 5) is 10.4. The quantitative estimate of drug-likeness (QED) is 0.470. The molecule has 0 amide bonds. The van der Waals surface area contributed by atoms with Crippen LogP contribution in [0.5, 0.6) is 0 Å². The zero-order valence-corrected chi connectivity index (χ0v) is 10.0. The molecule has 0 aliphatic heterocycles. The number of hydrazine groups is 1. The molecule has 0 aliphatic carbocycles. The Hall–Kier alpha value is -2.38. The van der Waals surface area contributed by atoms with Crippen LogP contribution in [0.2, 0.25) is 0 Å². The second-order valence-corrected chi connectivity index (χ2v) is 3.83. The number of hydrogen-bond donors (Lipinski definition) is 2. The molecule has 3 N–H and O–H groups in total. The van der Waals surface area contributed by atoms with Crippen LogP contribution in [0.3, 0.4) is 0 Å². The van der Waals surface area contributed by atoms with E-state index in [4.69, 9.17) is 15.0 Å². The summed E-state index contributed by atoms with van der Waals surface area (Å²) in [6.07, 6.45) is 1.56. The largest absolute Gasteiger partial charge is 0.467 e. The summed E-state index contributed by atoms with van der Waals surface area (Å²) >= 11 is 0. The van der Waals surface area contributed by atoms with E-state index < -0.39 is 4.92 Å². The first-order valence-corrected chi connectivity index (χ1v) is 5.55. The molecular weight excluding hydrogens is 250 g/mol. The zero-order valence-electron chi connectivity index (χ0n) is 10.0. The topological polar surface area (TPSA) is 104 Å². The van der Waals surface area contributed by atoms with Crippen molar-refractivity contribution in [3.05, 3.63) is 58.0 Å². The summed E-state index contributed by atoms with van der Waals surface area (Å²) in [6.45, 7) is 0.573. The number of anilines is 1. The molecule has 0 unspecified atom stereocenters. The molecular formula is C12H13N3O4. The maximum Gasteiger partial charge on any atom is 0.294 e. The highest BCUT2D eigenvalue weighted by atomic mass is 16.6. The Bertz CT molecular complexity index is 554. The van der Waals surface area contributed by atoms with Crippen molar-refractivity contribution in [1.82, 2.24) is 0 Å². The van der Waals surface area contributed by atoms with Crippen LogP contribution in [0, 0.1) is 10.1 Å². The molecule has 0 spiro atoms. The predicted octanol–water partition coefficient (Wildman–Crippen LogP) is 2.19. The Morgan fingerprint density at radius 2 is 2.21 bits per heavy atom. The van der Waals surface area contributed by atoms with Gasteiger partial charge in [0, 0.05) is 6.07 Å². The third-order valence-electron chi connectivity index (χ3n) is 2.51. The Kier molecular flexibility index (Phi) is 4.11. The second-order valence-electron chi connectivity index (χ2n) is 3.83. The highest BCUT2D eigenvalue weighted by molar-refractivity contribution is 5.61. The molecule has 7 heteroatoms. The van der Waals surface area contributed by atoms with Crippen LogP contribution in [0.4, 0.5) is 11.4 Å². The molecule has 1 aromatic carbocycles. The molecule has 2 aromatic rings. The van der Waals surface area contributed by atoms with E-state index in [1.54, 1.807) is 30.5 Å². The number of nitro benzene ring substituents is 1. The fourth-order valence-electron chi connectivity index (χ4n) is 1.60. The lowest BCUT2D eigenvalue weighted by molar-refractivity contribution is -0.384. The van der Waals surface area contributed by atoms with E-state index in [1.165, 1.54) is 6.07 Å². The van der Waals surface area contributed by atoms with Crippen LogP contribution in [0.15, 0.2) is 41.0 Å². The van der Waals surface area contributed by atoms with Crippen LogP contribution < -0.4 is 11.3 Å². The van der Waals surface area contributed by atoms with E-state index in [9.17, 15) is 10.1 Å². The van der Waals surface area contributed by atoms with Crippen molar-refractivity contribution in [1.29, 1.82) is 0 Å². The van der Waals surface area contributed by atoms with Crippen LogP contribution in [-0.4, -0.2) is 4.92 Å². The van der Waals surface area contributed by atoms with Crippen LogP contribution >= 0.6 is 0 Å². The van der Waals surface area contributed by atoms with Gasteiger partial charge in [-0.15, -0.1) is 0 Å². The molecule has 19 heavy (non-hydrogen) atoms. The lowest BCUT2D eigenvalue weighted by Crippen LogP contribution is -2.09. The average molecular weight is 263 g/mol. The Balaban J connectivity index is 2.00. The van der Waals surface area contributed by atoms with Gasteiger partial charge in [-0.1, -0.05) is 6.07 Å². The third kappa shape index (κ3) is 3.30. The standard InChI is InChI=1S/C12H13N3O4/c13-14-11-4-3-9(6-12(11)15(16)17)7-18-8-10-2-1-5-19-10/h1-6,14H,7-8,13H2. The summed E-state index contributed by atoms with van der Waals surface area (Å²) < 4.78 is 10.5. The maximum atomic E-state index is 10.8. The van der Waals surface area contributed by atoms with Gasteiger partial charge < -0.3 is 14.6 Å². The Morgan fingerprint density at radius 3 is 2.84 bits per heavy atom. The van der Waals surface area contributed by atoms with E-state index in [0.717, 1.165) is 0 Å². The van der Waals surface area contributed by atoms with Gasteiger partial charge in [0.1, 0.15) is 18.1 Å². The summed E-state index contributed by atoms with van der Waals surface area (Å²) in [7, 11) is 0. The minimum Gasteiger partial charge on any atom is -0.467 e. The molecule has 0 atom stereocenters. The molecule has 2 rings (SSSR count). The second kappa shape index (κ2) is 5.98. The van der Waals surface area contributed by atoms with Crippen LogP contribution in [0.1, 0.15) is 11.3 Å². The van der Waals surface area contributed by atoms with Gasteiger partial charge in [0.2, 0.25) is 0 Å². The Labute approximate surface area is 109 Å². The van der Waals surface area contributed by atoms with E-state index >= 15 is 0 Å². The first-order chi connectivity index (χ1) is 9.20. The number of ether oxygens (including phenoxy) is 1. The van der Waals surface area contributed by atoms with Crippen LogP contribution in [-0.2, 0) is 18.0 Å². The van der Waals surface area contributed by atoms with Gasteiger partial charge in [-0.05, 0) is 23.8 Å². The normalized spacial score (nSPS) is 10.4. The highest BCUT2D eigenvalue weighted by Gasteiger charge is 2.13. The van der Waals surface area contributed by atoms with Crippen LogP contribution in [0.25, 0.3) is 0 Å². The molecule has 7 nitrogen and oxygen atoms in total.